The van der Waals surface area contributed by atoms with Gasteiger partial charge in [-0.25, -0.2) is 9.97 Å². The zero-order valence-electron chi connectivity index (χ0n) is 22.1. The molecule has 2 amide bonds. The Labute approximate surface area is 224 Å². The first-order valence-electron chi connectivity index (χ1n) is 13.0. The highest BCUT2D eigenvalue weighted by Crippen LogP contribution is 2.26. The normalized spacial score (nSPS) is 16.2. The summed E-state index contributed by atoms with van der Waals surface area (Å²) in [6.07, 6.45) is 5.72. The van der Waals surface area contributed by atoms with E-state index in [1.165, 1.54) is 17.0 Å². The second-order valence-electron chi connectivity index (χ2n) is 11.3. The molecule has 1 aliphatic carbocycles. The van der Waals surface area contributed by atoms with Crippen molar-refractivity contribution in [2.75, 3.05) is 18.4 Å². The average Bonchev–Trinajstić information content (AvgIpc) is 3.61. The molecule has 0 aromatic carbocycles. The van der Waals surface area contributed by atoms with E-state index in [4.69, 9.17) is 5.26 Å². The molecule has 13 nitrogen and oxygen atoms in total. The molecule has 4 heterocycles. The molecule has 0 unspecified atom stereocenters. The Morgan fingerprint density at radius 3 is 2.44 bits per heavy atom. The number of anilines is 2. The summed E-state index contributed by atoms with van der Waals surface area (Å²) in [6.45, 7) is 7.18. The van der Waals surface area contributed by atoms with Gasteiger partial charge in [-0.3, -0.25) is 19.0 Å². The number of amides is 2. The third-order valence-corrected chi connectivity index (χ3v) is 6.71. The molecule has 2 aliphatic rings. The number of nitrogens with one attached hydrogen (secondary N) is 2. The SMILES string of the molecule is CC(C)(C)Cn1c(=O)c(C(=O)NC2CC2)c(O)n2nc(Nc3cnc(C(=O)N4CCC(C#N)CC4)cn3)cc12. The second kappa shape index (κ2) is 10.0. The van der Waals surface area contributed by atoms with E-state index in [1.54, 1.807) is 11.0 Å². The van der Waals surface area contributed by atoms with Crippen LogP contribution < -0.4 is 16.2 Å². The molecule has 0 bridgehead atoms. The summed E-state index contributed by atoms with van der Waals surface area (Å²) < 4.78 is 2.59. The van der Waals surface area contributed by atoms with Crippen molar-refractivity contribution in [2.45, 2.75) is 59.0 Å². The van der Waals surface area contributed by atoms with E-state index in [0.29, 0.717) is 37.4 Å². The molecule has 39 heavy (non-hydrogen) atoms. The number of likely N-dealkylation sites (tertiary alicyclic amines) is 1. The van der Waals surface area contributed by atoms with E-state index in [1.807, 2.05) is 20.8 Å². The number of carbonyl (C=O) groups excluding carboxylic acids is 2. The fourth-order valence-electron chi connectivity index (χ4n) is 4.54. The van der Waals surface area contributed by atoms with Crippen LogP contribution in [-0.4, -0.2) is 65.1 Å². The number of aromatic nitrogens is 5. The third kappa shape index (κ3) is 5.55. The molecule has 1 aliphatic heterocycles. The fraction of sp³-hybridized carbons (Fsp3) is 0.500. The standard InChI is InChI=1S/C26H31N9O4/c1-26(2,3)14-34-20-10-18(32-35(20)25(39)21(24(34)38)22(36)30-16-4-5-16)31-19-13-28-17(12-29-19)23(37)33-8-6-15(11-27)7-9-33/h10,12-13,15-16,39H,4-9,14H2,1-3H3,(H,30,36)(H,29,31,32). The Morgan fingerprint density at radius 2 is 1.85 bits per heavy atom. The molecule has 204 valence electrons. The van der Waals surface area contributed by atoms with Crippen LogP contribution in [0.25, 0.3) is 5.65 Å². The molecule has 13 heteroatoms. The van der Waals surface area contributed by atoms with Crippen molar-refractivity contribution < 1.29 is 14.7 Å². The summed E-state index contributed by atoms with van der Waals surface area (Å²) in [5, 5.41) is 30.1. The second-order valence-corrected chi connectivity index (χ2v) is 11.3. The zero-order valence-corrected chi connectivity index (χ0v) is 22.1. The molecule has 0 atom stereocenters. The van der Waals surface area contributed by atoms with Gasteiger partial charge in [-0.1, -0.05) is 20.8 Å². The molecule has 3 N–H and O–H groups in total. The highest BCUT2D eigenvalue weighted by Gasteiger charge is 2.30. The third-order valence-electron chi connectivity index (χ3n) is 6.71. The monoisotopic (exact) mass is 533 g/mol. The first-order chi connectivity index (χ1) is 18.5. The van der Waals surface area contributed by atoms with Gasteiger partial charge in [0.05, 0.1) is 18.5 Å². The summed E-state index contributed by atoms with van der Waals surface area (Å²) in [7, 11) is 0. The number of fused-ring (bicyclic) bond motifs is 1. The summed E-state index contributed by atoms with van der Waals surface area (Å²) >= 11 is 0. The molecule has 2 fully saturated rings. The van der Waals surface area contributed by atoms with Crippen LogP contribution in [-0.2, 0) is 6.54 Å². The van der Waals surface area contributed by atoms with Gasteiger partial charge in [0.2, 0.25) is 5.88 Å². The molecular formula is C26H31N9O4. The van der Waals surface area contributed by atoms with Crippen LogP contribution in [0.2, 0.25) is 0 Å². The van der Waals surface area contributed by atoms with E-state index < -0.39 is 17.3 Å². The molecule has 3 aromatic heterocycles. The number of aromatic hydroxyl groups is 1. The van der Waals surface area contributed by atoms with Crippen LogP contribution in [0.4, 0.5) is 11.6 Å². The summed E-state index contributed by atoms with van der Waals surface area (Å²) in [5.41, 5.74) is -0.760. The molecule has 1 saturated carbocycles. The smallest absolute Gasteiger partial charge is 0.274 e. The predicted octanol–water partition coefficient (Wildman–Crippen LogP) is 2.05. The largest absolute Gasteiger partial charge is 0.492 e. The van der Waals surface area contributed by atoms with Crippen molar-refractivity contribution in [3.05, 3.63) is 40.1 Å². The number of nitrogens with zero attached hydrogens (tertiary/aromatic N) is 7. The molecular weight excluding hydrogens is 502 g/mol. The minimum atomic E-state index is -0.627. The summed E-state index contributed by atoms with van der Waals surface area (Å²) in [6, 6.07) is 3.84. The van der Waals surface area contributed by atoms with Gasteiger partial charge in [0.25, 0.3) is 17.4 Å². The van der Waals surface area contributed by atoms with Crippen molar-refractivity contribution in [2.24, 2.45) is 11.3 Å². The lowest BCUT2D eigenvalue weighted by Gasteiger charge is -2.28. The zero-order chi connectivity index (χ0) is 27.9. The number of piperidine rings is 1. The van der Waals surface area contributed by atoms with Gasteiger partial charge in [-0.05, 0) is 31.1 Å². The maximum atomic E-state index is 13.4. The molecule has 1 saturated heterocycles. The van der Waals surface area contributed by atoms with Crippen LogP contribution in [0, 0.1) is 22.7 Å². The van der Waals surface area contributed by atoms with E-state index in [0.717, 1.165) is 17.4 Å². The van der Waals surface area contributed by atoms with Crippen LogP contribution in [0.5, 0.6) is 5.88 Å². The van der Waals surface area contributed by atoms with Crippen molar-refractivity contribution >= 4 is 29.1 Å². The maximum Gasteiger partial charge on any atom is 0.274 e. The Balaban J connectivity index is 1.41. The van der Waals surface area contributed by atoms with Crippen molar-refractivity contribution in [1.29, 1.82) is 5.26 Å². The van der Waals surface area contributed by atoms with E-state index in [9.17, 15) is 19.5 Å². The molecule has 5 rings (SSSR count). The minimum Gasteiger partial charge on any atom is -0.492 e. The highest BCUT2D eigenvalue weighted by molar-refractivity contribution is 5.96. The first-order valence-corrected chi connectivity index (χ1v) is 13.0. The maximum absolute atomic E-state index is 13.4. The van der Waals surface area contributed by atoms with Gasteiger partial charge in [0, 0.05) is 37.7 Å². The van der Waals surface area contributed by atoms with Gasteiger partial charge >= 0.3 is 0 Å². The Bertz CT molecular complexity index is 1520. The number of hydrogen-bond donors (Lipinski definition) is 3. The number of carbonyl (C=O) groups is 2. The number of rotatable bonds is 6. The van der Waals surface area contributed by atoms with Crippen LogP contribution in [0.15, 0.2) is 23.3 Å². The molecule has 0 spiro atoms. The first kappa shape index (κ1) is 26.1. The van der Waals surface area contributed by atoms with Gasteiger partial charge in [-0.15, -0.1) is 5.10 Å². The van der Waals surface area contributed by atoms with Crippen molar-refractivity contribution in [1.82, 2.24) is 34.4 Å². The number of nitriles is 1. The van der Waals surface area contributed by atoms with Gasteiger partial charge in [-0.2, -0.15) is 9.78 Å². The topological polar surface area (TPSA) is 171 Å². The lowest BCUT2D eigenvalue weighted by molar-refractivity contribution is 0.0700. The minimum absolute atomic E-state index is 0.00992. The van der Waals surface area contributed by atoms with E-state index >= 15 is 0 Å². The van der Waals surface area contributed by atoms with E-state index in [2.05, 4.69) is 31.8 Å². The van der Waals surface area contributed by atoms with Crippen molar-refractivity contribution in [3.8, 4) is 11.9 Å². The van der Waals surface area contributed by atoms with Crippen LogP contribution >= 0.6 is 0 Å². The van der Waals surface area contributed by atoms with Crippen LogP contribution in [0.1, 0.15) is 67.3 Å². The average molecular weight is 534 g/mol. The summed E-state index contributed by atoms with van der Waals surface area (Å²) in [4.78, 5) is 49.1. The molecule has 0 radical (unpaired) electrons. The lowest BCUT2D eigenvalue weighted by atomic mass is 9.97. The van der Waals surface area contributed by atoms with Gasteiger partial charge in [0.15, 0.2) is 11.4 Å². The number of hydrogen-bond acceptors (Lipinski definition) is 9. The Hall–Kier alpha value is -4.47. The van der Waals surface area contributed by atoms with Crippen molar-refractivity contribution in [3.63, 3.8) is 0 Å². The predicted molar refractivity (Wildman–Crippen MR) is 141 cm³/mol. The quantitative estimate of drug-likeness (QED) is 0.429. The highest BCUT2D eigenvalue weighted by atomic mass is 16.3. The summed E-state index contributed by atoms with van der Waals surface area (Å²) in [5.74, 6) is -0.879. The van der Waals surface area contributed by atoms with Gasteiger partial charge < -0.3 is 20.6 Å². The Kier molecular flexibility index (Phi) is 6.71. The van der Waals surface area contributed by atoms with E-state index in [-0.39, 0.29) is 46.9 Å². The lowest BCUT2D eigenvalue weighted by Crippen LogP contribution is -2.38. The molecule has 3 aromatic rings. The van der Waals surface area contributed by atoms with Gasteiger partial charge in [0.1, 0.15) is 17.2 Å². The Morgan fingerprint density at radius 1 is 1.13 bits per heavy atom. The fourth-order valence-corrected chi connectivity index (χ4v) is 4.54. The van der Waals surface area contributed by atoms with Crippen LogP contribution in [0.3, 0.4) is 0 Å².